The summed E-state index contributed by atoms with van der Waals surface area (Å²) >= 11 is 17.9. The lowest BCUT2D eigenvalue weighted by Crippen LogP contribution is -2.21. The van der Waals surface area contributed by atoms with Crippen molar-refractivity contribution in [1.82, 2.24) is 0 Å². The predicted molar refractivity (Wildman–Crippen MR) is 62.9 cm³/mol. The zero-order valence-electron chi connectivity index (χ0n) is 7.52. The lowest BCUT2D eigenvalue weighted by molar-refractivity contribution is 1.04. The molecule has 1 unspecified atom stereocenters. The highest BCUT2D eigenvalue weighted by Gasteiger charge is 2.34. The Morgan fingerprint density at radius 2 is 1.69 bits per heavy atom. The Hall–Kier alpha value is 0.307. The molecule has 0 aliphatic rings. The summed E-state index contributed by atoms with van der Waals surface area (Å²) in [4.78, 5) is 0. The number of halogens is 3. The molecule has 4 heteroatoms. The molecule has 1 atom stereocenters. The second kappa shape index (κ2) is 4.22. The van der Waals surface area contributed by atoms with Crippen molar-refractivity contribution in [3.05, 3.63) is 35.4 Å². The largest absolute Gasteiger partial charge is 0.348 e. The van der Waals surface area contributed by atoms with Gasteiger partial charge in [-0.1, -0.05) is 31.2 Å². The Bertz CT molecular complexity index is 293. The molecule has 0 spiro atoms. The zero-order chi connectivity index (χ0) is 10.1. The van der Waals surface area contributed by atoms with Crippen molar-refractivity contribution in [2.75, 3.05) is 0 Å². The molecule has 72 valence electrons. The van der Waals surface area contributed by atoms with Crippen LogP contribution in [0.5, 0.6) is 0 Å². The molecule has 1 aromatic rings. The van der Waals surface area contributed by atoms with Gasteiger partial charge in [-0.2, -0.15) is 0 Å². The standard InChI is InChI=1S/C9H11Cl3Si/c1-7-5-3-4-6-9(7)8(2)13(10,11)12/h3-6,8H,1-2H3. The van der Waals surface area contributed by atoms with Crippen molar-refractivity contribution in [1.29, 1.82) is 0 Å². The van der Waals surface area contributed by atoms with E-state index in [4.69, 9.17) is 33.2 Å². The highest BCUT2D eigenvalue weighted by Crippen LogP contribution is 2.37. The van der Waals surface area contributed by atoms with Gasteiger partial charge in [0, 0.05) is 5.54 Å². The minimum Gasteiger partial charge on any atom is -0.125 e. The zero-order valence-corrected chi connectivity index (χ0v) is 10.8. The molecule has 0 nitrogen and oxygen atoms in total. The first-order valence-electron chi connectivity index (χ1n) is 4.05. The average Bonchev–Trinajstić information content (AvgIpc) is 2.02. The minimum atomic E-state index is -2.62. The topological polar surface area (TPSA) is 0 Å². The van der Waals surface area contributed by atoms with Gasteiger partial charge < -0.3 is 0 Å². The molecule has 0 aliphatic heterocycles. The first-order chi connectivity index (χ1) is 5.93. The lowest BCUT2D eigenvalue weighted by Gasteiger charge is -2.19. The van der Waals surface area contributed by atoms with Crippen LogP contribution in [0.3, 0.4) is 0 Å². The quantitative estimate of drug-likeness (QED) is 0.545. The highest BCUT2D eigenvalue weighted by atomic mass is 35.8. The second-order valence-corrected chi connectivity index (χ2v) is 12.2. The van der Waals surface area contributed by atoms with Crippen molar-refractivity contribution in [3.63, 3.8) is 0 Å². The van der Waals surface area contributed by atoms with Crippen molar-refractivity contribution >= 4 is 39.2 Å². The number of hydrogen-bond acceptors (Lipinski definition) is 0. The van der Waals surface area contributed by atoms with Gasteiger partial charge in [0.15, 0.2) is 0 Å². The van der Waals surface area contributed by atoms with E-state index in [9.17, 15) is 0 Å². The van der Waals surface area contributed by atoms with Crippen LogP contribution in [0.2, 0.25) is 0 Å². The fourth-order valence-electron chi connectivity index (χ4n) is 1.25. The van der Waals surface area contributed by atoms with Crippen LogP contribution in [0.15, 0.2) is 24.3 Å². The Morgan fingerprint density at radius 1 is 1.15 bits per heavy atom. The van der Waals surface area contributed by atoms with E-state index >= 15 is 0 Å². The Balaban J connectivity index is 3.02. The van der Waals surface area contributed by atoms with E-state index in [1.165, 1.54) is 5.56 Å². The van der Waals surface area contributed by atoms with Gasteiger partial charge in [0.2, 0.25) is 0 Å². The Kier molecular flexibility index (Phi) is 3.70. The van der Waals surface area contributed by atoms with Gasteiger partial charge in [0.05, 0.1) is 0 Å². The molecule has 0 heterocycles. The van der Waals surface area contributed by atoms with E-state index in [0.717, 1.165) is 5.56 Å². The van der Waals surface area contributed by atoms with Crippen LogP contribution >= 0.6 is 33.2 Å². The number of aryl methyl sites for hydroxylation is 1. The number of rotatable bonds is 2. The fraction of sp³-hybridized carbons (Fsp3) is 0.333. The third-order valence-electron chi connectivity index (χ3n) is 2.15. The van der Waals surface area contributed by atoms with Crippen molar-refractivity contribution in [3.8, 4) is 0 Å². The molecule has 0 amide bonds. The molecule has 0 N–H and O–H groups in total. The van der Waals surface area contributed by atoms with Gasteiger partial charge in [-0.25, -0.2) is 0 Å². The van der Waals surface area contributed by atoms with Gasteiger partial charge in [-0.3, -0.25) is 0 Å². The molecule has 1 rings (SSSR count). The van der Waals surface area contributed by atoms with E-state index < -0.39 is 6.00 Å². The lowest BCUT2D eigenvalue weighted by atomic mass is 10.1. The summed E-state index contributed by atoms with van der Waals surface area (Å²) in [7, 11) is 0. The van der Waals surface area contributed by atoms with Gasteiger partial charge in [0.25, 0.3) is 0 Å². The second-order valence-electron chi connectivity index (χ2n) is 3.12. The third kappa shape index (κ3) is 2.88. The monoisotopic (exact) mass is 252 g/mol. The van der Waals surface area contributed by atoms with Crippen LogP contribution in [-0.4, -0.2) is 6.00 Å². The van der Waals surface area contributed by atoms with E-state index in [2.05, 4.69) is 0 Å². The fourth-order valence-corrected chi connectivity index (χ4v) is 2.98. The molecule has 0 radical (unpaired) electrons. The molecule has 0 fully saturated rings. The van der Waals surface area contributed by atoms with E-state index in [0.29, 0.717) is 0 Å². The van der Waals surface area contributed by atoms with Crippen LogP contribution in [-0.2, 0) is 0 Å². The molecule has 0 saturated heterocycles. The van der Waals surface area contributed by atoms with Crippen LogP contribution in [0, 0.1) is 6.92 Å². The summed E-state index contributed by atoms with van der Waals surface area (Å²) in [5.41, 5.74) is 2.39. The first kappa shape index (κ1) is 11.4. The van der Waals surface area contributed by atoms with Gasteiger partial charge in [-0.05, 0) is 18.1 Å². The number of hydrogen-bond donors (Lipinski definition) is 0. The van der Waals surface area contributed by atoms with Gasteiger partial charge >= 0.3 is 6.00 Å². The molecule has 0 bridgehead atoms. The molecule has 0 saturated carbocycles. The van der Waals surface area contributed by atoms with Gasteiger partial charge in [0.1, 0.15) is 0 Å². The van der Waals surface area contributed by atoms with Crippen LogP contribution in [0.25, 0.3) is 0 Å². The van der Waals surface area contributed by atoms with Crippen LogP contribution in [0.4, 0.5) is 0 Å². The summed E-state index contributed by atoms with van der Waals surface area (Å²) in [5.74, 6) is 0. The molecular formula is C9H11Cl3Si. The molecule has 0 aliphatic carbocycles. The summed E-state index contributed by atoms with van der Waals surface area (Å²) in [5, 5.41) is 0. The van der Waals surface area contributed by atoms with E-state index in [1.807, 2.05) is 38.1 Å². The Morgan fingerprint density at radius 3 is 2.15 bits per heavy atom. The predicted octanol–water partition coefficient (Wildman–Crippen LogP) is 4.29. The normalized spacial score (nSPS) is 14.2. The van der Waals surface area contributed by atoms with E-state index in [1.54, 1.807) is 0 Å². The maximum Gasteiger partial charge on any atom is 0.348 e. The van der Waals surface area contributed by atoms with Crippen molar-refractivity contribution < 1.29 is 0 Å². The molecule has 0 aromatic heterocycles. The first-order valence-corrected chi connectivity index (χ1v) is 9.16. The summed E-state index contributed by atoms with van der Waals surface area (Å²) < 4.78 is 0. The third-order valence-corrected chi connectivity index (χ3v) is 6.38. The summed E-state index contributed by atoms with van der Waals surface area (Å²) in [6.45, 7) is 4.01. The minimum absolute atomic E-state index is 0.0544. The Labute approximate surface area is 93.9 Å². The number of benzene rings is 1. The van der Waals surface area contributed by atoms with E-state index in [-0.39, 0.29) is 5.54 Å². The molecule has 13 heavy (non-hydrogen) atoms. The summed E-state index contributed by atoms with van der Waals surface area (Å²) in [6, 6.07) is 5.41. The SMILES string of the molecule is Cc1ccccc1C(C)[Si](Cl)(Cl)Cl. The smallest absolute Gasteiger partial charge is 0.125 e. The maximum atomic E-state index is 5.96. The maximum absolute atomic E-state index is 5.96. The van der Waals surface area contributed by atoms with Crippen LogP contribution in [0.1, 0.15) is 23.6 Å². The highest BCUT2D eigenvalue weighted by molar-refractivity contribution is 7.65. The summed E-state index contributed by atoms with van der Waals surface area (Å²) in [6.07, 6.45) is 0. The van der Waals surface area contributed by atoms with Crippen LogP contribution < -0.4 is 0 Å². The average molecular weight is 254 g/mol. The van der Waals surface area contributed by atoms with Gasteiger partial charge in [-0.15, -0.1) is 33.2 Å². The van der Waals surface area contributed by atoms with Crippen molar-refractivity contribution in [2.24, 2.45) is 0 Å². The molecule has 1 aromatic carbocycles. The molecular weight excluding hydrogens is 243 g/mol. The van der Waals surface area contributed by atoms with Crippen molar-refractivity contribution in [2.45, 2.75) is 19.4 Å².